The third-order valence-corrected chi connectivity index (χ3v) is 11.8. The van der Waals surface area contributed by atoms with E-state index in [0.29, 0.717) is 6.42 Å². The molecule has 3 aliphatic rings. The van der Waals surface area contributed by atoms with Gasteiger partial charge in [0, 0.05) is 37.3 Å². The third kappa shape index (κ3) is 9.51. The molecule has 0 saturated carbocycles. The van der Waals surface area contributed by atoms with Crippen LogP contribution in [-0.2, 0) is 38.0 Å². The molecule has 0 bridgehead atoms. The van der Waals surface area contributed by atoms with Crippen molar-refractivity contribution in [1.82, 2.24) is 4.90 Å². The Labute approximate surface area is 304 Å². The van der Waals surface area contributed by atoms with Gasteiger partial charge in [0.15, 0.2) is 12.6 Å². The van der Waals surface area contributed by atoms with Crippen molar-refractivity contribution >= 4 is 11.8 Å². The molecule has 3 fully saturated rings. The molecule has 3 aliphatic heterocycles. The van der Waals surface area contributed by atoms with Crippen LogP contribution in [0, 0.1) is 23.7 Å². The second-order valence-electron chi connectivity index (χ2n) is 16.5. The number of ether oxygens (including phenoxy) is 6. The summed E-state index contributed by atoms with van der Waals surface area (Å²) in [6.45, 7) is 16.3. The Morgan fingerprint density at radius 2 is 1.49 bits per heavy atom. The fourth-order valence-electron chi connectivity index (χ4n) is 8.41. The smallest absolute Gasteiger partial charge is 0.311 e. The molecule has 0 radical (unpaired) electrons. The number of methoxy groups -OCH3 is 1. The highest BCUT2D eigenvalue weighted by molar-refractivity contribution is 5.83. The molecule has 3 heterocycles. The van der Waals surface area contributed by atoms with E-state index in [1.54, 1.807) is 41.5 Å². The molecule has 5 N–H and O–H groups in total. The zero-order chi connectivity index (χ0) is 39.0. The van der Waals surface area contributed by atoms with E-state index in [0.717, 1.165) is 0 Å². The Bertz CT molecular complexity index is 1170. The molecule has 3 saturated heterocycles. The average molecular weight is 734 g/mol. The summed E-state index contributed by atoms with van der Waals surface area (Å²) in [6, 6.07) is -0.324. The van der Waals surface area contributed by atoms with E-state index in [4.69, 9.17) is 28.4 Å². The van der Waals surface area contributed by atoms with Crippen LogP contribution in [0.25, 0.3) is 0 Å². The van der Waals surface area contributed by atoms with Crippen LogP contribution < -0.4 is 0 Å². The summed E-state index contributed by atoms with van der Waals surface area (Å²) in [7, 11) is 5.18. The van der Waals surface area contributed by atoms with Crippen LogP contribution in [0.4, 0.5) is 0 Å². The lowest BCUT2D eigenvalue weighted by Crippen LogP contribution is -2.61. The molecule has 3 rings (SSSR count). The van der Waals surface area contributed by atoms with Crippen molar-refractivity contribution in [3.63, 3.8) is 0 Å². The molecule has 298 valence electrons. The van der Waals surface area contributed by atoms with Crippen molar-refractivity contribution in [3.05, 3.63) is 0 Å². The molecule has 0 aromatic heterocycles. The van der Waals surface area contributed by atoms with Crippen molar-refractivity contribution in [3.8, 4) is 0 Å². The van der Waals surface area contributed by atoms with Crippen LogP contribution >= 0.6 is 0 Å². The number of aliphatic hydroxyl groups is 5. The maximum atomic E-state index is 14.1. The molecule has 0 aromatic carbocycles. The highest BCUT2D eigenvalue weighted by atomic mass is 16.7. The topological polar surface area (TPSA) is 194 Å². The van der Waals surface area contributed by atoms with Crippen LogP contribution in [0.5, 0.6) is 0 Å². The van der Waals surface area contributed by atoms with E-state index >= 15 is 0 Å². The largest absolute Gasteiger partial charge is 0.459 e. The van der Waals surface area contributed by atoms with Crippen molar-refractivity contribution in [2.24, 2.45) is 23.7 Å². The number of ketones is 1. The molecular weight excluding hydrogens is 666 g/mol. The van der Waals surface area contributed by atoms with E-state index in [1.807, 2.05) is 25.9 Å². The van der Waals surface area contributed by atoms with Crippen LogP contribution in [0.1, 0.15) is 94.9 Å². The predicted octanol–water partition coefficient (Wildman–Crippen LogP) is 1.79. The monoisotopic (exact) mass is 733 g/mol. The Hall–Kier alpha value is -1.30. The Balaban J connectivity index is 2.18. The minimum Gasteiger partial charge on any atom is -0.459 e. The van der Waals surface area contributed by atoms with Crippen LogP contribution in [0.2, 0.25) is 0 Å². The van der Waals surface area contributed by atoms with Crippen molar-refractivity contribution in [1.29, 1.82) is 0 Å². The number of rotatable bonds is 7. The lowest BCUT2D eigenvalue weighted by Gasteiger charge is -2.49. The van der Waals surface area contributed by atoms with Crippen LogP contribution in [0.3, 0.4) is 0 Å². The maximum Gasteiger partial charge on any atom is 0.311 e. The number of aliphatic hydroxyl groups excluding tert-OH is 3. The summed E-state index contributed by atoms with van der Waals surface area (Å²) in [5.74, 6) is -4.98. The number of hydrogen-bond donors (Lipinski definition) is 5. The molecule has 14 heteroatoms. The molecule has 18 atom stereocenters. The van der Waals surface area contributed by atoms with Crippen LogP contribution in [0.15, 0.2) is 0 Å². The first-order valence-electron chi connectivity index (χ1n) is 18.5. The van der Waals surface area contributed by atoms with Crippen molar-refractivity contribution in [2.75, 3.05) is 21.2 Å². The Morgan fingerprint density at radius 3 is 2.04 bits per heavy atom. The quantitative estimate of drug-likeness (QED) is 0.238. The number of nitrogens with zero attached hydrogens (tertiary/aromatic N) is 1. The molecular formula is C37H67NO13. The highest BCUT2D eigenvalue weighted by Gasteiger charge is 2.53. The van der Waals surface area contributed by atoms with Gasteiger partial charge in [-0.2, -0.15) is 0 Å². The molecule has 14 nitrogen and oxygen atoms in total. The maximum absolute atomic E-state index is 14.1. The van der Waals surface area contributed by atoms with Crippen LogP contribution in [-0.4, -0.2) is 148 Å². The minimum atomic E-state index is -1.99. The normalized spacial score (nSPS) is 49.7. The molecule has 6 unspecified atom stereocenters. The molecule has 0 spiro atoms. The summed E-state index contributed by atoms with van der Waals surface area (Å²) in [6.07, 6.45) is -9.71. The summed E-state index contributed by atoms with van der Waals surface area (Å²) in [4.78, 5) is 29.8. The van der Waals surface area contributed by atoms with Crippen molar-refractivity contribution < 1.29 is 63.5 Å². The van der Waals surface area contributed by atoms with Gasteiger partial charge in [-0.3, -0.25) is 9.59 Å². The Kier molecular flexibility index (Phi) is 14.7. The SMILES string of the molecule is CC[C@H]1OC(=O)[C@H](C)[C@@H](OC2CC(C)(OC)C(O)[C@H](C)O2)[C@H](C)[C@@H](OC2O[C@H](C)CC(N(C)C)C2O)[C@](C)(O)C[C@@H](C)C(=O)[C@H](C)[C@@H](O)[C@]1(C)O. The number of carbonyl (C=O) groups is 2. The number of cyclic esters (lactones) is 1. The zero-order valence-corrected chi connectivity index (χ0v) is 32.9. The van der Waals surface area contributed by atoms with E-state index in [9.17, 15) is 35.1 Å². The number of esters is 1. The number of carbonyl (C=O) groups excluding carboxylic acids is 2. The van der Waals surface area contributed by atoms with E-state index in [1.165, 1.54) is 27.9 Å². The van der Waals surface area contributed by atoms with Gasteiger partial charge in [0.25, 0.3) is 0 Å². The van der Waals surface area contributed by atoms with Gasteiger partial charge in [0.05, 0.1) is 47.6 Å². The van der Waals surface area contributed by atoms with Gasteiger partial charge in [-0.15, -0.1) is 0 Å². The number of hydrogen-bond acceptors (Lipinski definition) is 14. The van der Waals surface area contributed by atoms with Gasteiger partial charge < -0.3 is 58.9 Å². The first-order chi connectivity index (χ1) is 23.4. The summed E-state index contributed by atoms with van der Waals surface area (Å²) in [5, 5.41) is 57.6. The standard InChI is InChI=1S/C37H67NO13/c1-14-25-37(10,45)30(41)20(4)27(39)18(2)16-35(8,44)32(51-34-28(40)24(38(11)12)15-19(3)47-34)21(5)29(22(6)33(43)49-25)50-26-17-36(9,46-13)31(42)23(7)48-26/h18-26,28-32,34,40-42,44-45H,14-17H2,1-13H3/t18-,19-,20+,21+,22-,23+,24?,25-,26?,28?,29+,30-,31?,32-,34?,35-,36?,37-/m1/s1. The van der Waals surface area contributed by atoms with E-state index < -0.39 is 108 Å². The summed E-state index contributed by atoms with van der Waals surface area (Å²) < 4.78 is 37.1. The third-order valence-electron chi connectivity index (χ3n) is 11.8. The van der Waals surface area contributed by atoms with E-state index in [2.05, 4.69) is 0 Å². The van der Waals surface area contributed by atoms with Crippen molar-refractivity contribution in [2.45, 2.75) is 179 Å². The fraction of sp³-hybridized carbons (Fsp3) is 0.946. The molecule has 0 aromatic rings. The van der Waals surface area contributed by atoms with Gasteiger partial charge >= 0.3 is 5.97 Å². The van der Waals surface area contributed by atoms with Gasteiger partial charge in [0.1, 0.15) is 29.7 Å². The molecule has 51 heavy (non-hydrogen) atoms. The lowest BCUT2D eigenvalue weighted by molar-refractivity contribution is -0.318. The lowest BCUT2D eigenvalue weighted by atomic mass is 9.74. The van der Waals surface area contributed by atoms with Gasteiger partial charge in [-0.05, 0) is 74.9 Å². The first kappa shape index (κ1) is 44.1. The highest BCUT2D eigenvalue weighted by Crippen LogP contribution is 2.40. The van der Waals surface area contributed by atoms with Gasteiger partial charge in [-0.1, -0.05) is 27.7 Å². The molecule has 0 amide bonds. The average Bonchev–Trinajstić information content (AvgIpc) is 3.05. The number of likely N-dealkylation sites (N-methyl/N-ethyl adjacent to an activating group) is 1. The van der Waals surface area contributed by atoms with Gasteiger partial charge in [0.2, 0.25) is 0 Å². The summed E-state index contributed by atoms with van der Waals surface area (Å²) in [5.41, 5.74) is -4.84. The number of Topliss-reactive ketones (excluding diaryl/α,β-unsaturated/α-hetero) is 1. The fourth-order valence-corrected chi connectivity index (χ4v) is 8.41. The first-order valence-corrected chi connectivity index (χ1v) is 18.5. The van der Waals surface area contributed by atoms with Gasteiger partial charge in [-0.25, -0.2) is 0 Å². The molecule has 0 aliphatic carbocycles. The predicted molar refractivity (Wildman–Crippen MR) is 186 cm³/mol. The zero-order valence-electron chi connectivity index (χ0n) is 32.9. The second kappa shape index (κ2) is 17.0. The Morgan fingerprint density at radius 1 is 0.882 bits per heavy atom. The van der Waals surface area contributed by atoms with E-state index in [-0.39, 0.29) is 31.4 Å². The minimum absolute atomic E-state index is 0.0936. The second-order valence-corrected chi connectivity index (χ2v) is 16.5. The summed E-state index contributed by atoms with van der Waals surface area (Å²) >= 11 is 0.